The molecular formula is C60H80N10O8. The molecule has 18 heteroatoms. The van der Waals surface area contributed by atoms with Gasteiger partial charge in [0.05, 0.1) is 24.2 Å². The summed E-state index contributed by atoms with van der Waals surface area (Å²) < 4.78 is 0. The molecule has 0 radical (unpaired) electrons. The van der Waals surface area contributed by atoms with E-state index in [4.69, 9.17) is 0 Å². The molecule has 8 N–H and O–H groups in total. The Bertz CT molecular complexity index is 2510. The van der Waals surface area contributed by atoms with Gasteiger partial charge in [-0.05, 0) is 151 Å². The van der Waals surface area contributed by atoms with E-state index in [1.807, 2.05) is 36.4 Å². The van der Waals surface area contributed by atoms with Crippen molar-refractivity contribution in [3.05, 3.63) is 106 Å². The fraction of sp³-hybridized carbons (Fsp3) is 0.567. The Kier molecular flexibility index (Phi) is 18.3. The molecule has 0 bridgehead atoms. The first-order valence-corrected chi connectivity index (χ1v) is 28.8. The van der Waals surface area contributed by atoms with Crippen LogP contribution in [-0.2, 0) is 41.6 Å². The van der Waals surface area contributed by atoms with Crippen molar-refractivity contribution in [2.75, 3.05) is 27.2 Å². The van der Waals surface area contributed by atoms with Gasteiger partial charge >= 0.3 is 0 Å². The molecule has 0 spiro atoms. The topological polar surface area (TPSA) is 239 Å². The average Bonchev–Trinajstić information content (AvgIpc) is 4.31. The molecule has 418 valence electrons. The van der Waals surface area contributed by atoms with Crippen molar-refractivity contribution in [1.29, 1.82) is 0 Å². The van der Waals surface area contributed by atoms with E-state index in [9.17, 15) is 38.4 Å². The highest BCUT2D eigenvalue weighted by Crippen LogP contribution is 2.35. The van der Waals surface area contributed by atoms with Crippen molar-refractivity contribution < 1.29 is 38.4 Å². The Morgan fingerprint density at radius 1 is 0.474 bits per heavy atom. The molecule has 0 aromatic heterocycles. The molecule has 9 rings (SSSR count). The summed E-state index contributed by atoms with van der Waals surface area (Å²) >= 11 is 0. The quantitative estimate of drug-likeness (QED) is 0.0910. The molecule has 4 aliphatic carbocycles. The van der Waals surface area contributed by atoms with Crippen LogP contribution in [0, 0.1) is 11.8 Å². The molecule has 2 aliphatic heterocycles. The van der Waals surface area contributed by atoms with Gasteiger partial charge in [0, 0.05) is 36.3 Å². The fourth-order valence-corrected chi connectivity index (χ4v) is 13.0. The number of fused-ring (bicyclic) bond motifs is 2. The van der Waals surface area contributed by atoms with E-state index in [1.165, 1.54) is 11.1 Å². The van der Waals surface area contributed by atoms with Crippen LogP contribution in [0.15, 0.2) is 72.8 Å². The van der Waals surface area contributed by atoms with Crippen LogP contribution in [0.1, 0.15) is 159 Å². The molecule has 6 aliphatic rings. The Hall–Kier alpha value is -6.66. The summed E-state index contributed by atoms with van der Waals surface area (Å²) in [6.07, 6.45) is 12.4. The van der Waals surface area contributed by atoms with Gasteiger partial charge in [0.2, 0.25) is 35.4 Å². The minimum absolute atomic E-state index is 0.0573. The Morgan fingerprint density at radius 3 is 1.22 bits per heavy atom. The van der Waals surface area contributed by atoms with Crippen molar-refractivity contribution >= 4 is 47.3 Å². The maximum absolute atomic E-state index is 14.9. The molecular weight excluding hydrogens is 989 g/mol. The van der Waals surface area contributed by atoms with E-state index in [0.717, 1.165) is 101 Å². The van der Waals surface area contributed by atoms with Gasteiger partial charge in [0.25, 0.3) is 11.8 Å². The highest BCUT2D eigenvalue weighted by Gasteiger charge is 2.47. The van der Waals surface area contributed by atoms with E-state index < -0.39 is 60.1 Å². The lowest BCUT2D eigenvalue weighted by Crippen LogP contribution is -2.58. The number of rotatable bonds is 18. The average molecular weight is 1070 g/mol. The van der Waals surface area contributed by atoms with Crippen LogP contribution in [0.3, 0.4) is 0 Å². The van der Waals surface area contributed by atoms with Crippen LogP contribution < -0.4 is 42.5 Å². The normalized spacial score (nSPS) is 24.7. The number of amides is 8. The molecule has 3 aromatic carbocycles. The van der Waals surface area contributed by atoms with Gasteiger partial charge in [-0.25, -0.2) is 0 Å². The lowest BCUT2D eigenvalue weighted by atomic mass is 9.83. The van der Waals surface area contributed by atoms with E-state index in [0.29, 0.717) is 0 Å². The maximum Gasteiger partial charge on any atom is 0.251 e. The molecule has 10 atom stereocenters. The van der Waals surface area contributed by atoms with E-state index >= 15 is 0 Å². The molecule has 2 saturated carbocycles. The molecule has 4 fully saturated rings. The zero-order chi connectivity index (χ0) is 55.0. The molecule has 3 aromatic rings. The van der Waals surface area contributed by atoms with Gasteiger partial charge in [0.1, 0.15) is 24.2 Å². The molecule has 2 heterocycles. The fourth-order valence-electron chi connectivity index (χ4n) is 13.0. The van der Waals surface area contributed by atoms with Gasteiger partial charge < -0.3 is 52.3 Å². The van der Waals surface area contributed by atoms with Gasteiger partial charge in [0.15, 0.2) is 0 Å². The largest absolute Gasteiger partial charge is 0.347 e. The van der Waals surface area contributed by atoms with Crippen molar-refractivity contribution in [2.24, 2.45) is 11.8 Å². The van der Waals surface area contributed by atoms with Crippen molar-refractivity contribution in [2.45, 2.75) is 177 Å². The summed E-state index contributed by atoms with van der Waals surface area (Å²) in [6, 6.07) is 16.0. The standard InChI is InChI=1S/C60H80N10O8/c1-35(61-3)53(71)67-51(39-17-7-5-8-18-39)59(77)69-33-43(31-49(69)57(75)65-47-29-27-37-15-11-13-21-45(37)47)63-55(73)41-23-25-42(26-24-41)56(74)64-44-32-50(58(76)66-48-30-28-38-16-12-14-22-46(38)48)70(34-44)60(78)52(40-19-9-6-10-20-40)68-54(72)36(2)62-4/h11-16,21-26,35-36,39-40,43-44,47-52,61-62H,5-10,17-20,27-34H2,1-4H3,(H,63,73)(H,64,74)(H,65,75)(H,66,76)(H,67,71)(H,68,72)/t35-,36-,43-,44?,47+,48+,49-,50-,51-,52-/m0/s1. The number of carbonyl (C=O) groups excluding carboxylic acids is 8. The lowest BCUT2D eigenvalue weighted by Gasteiger charge is -2.35. The van der Waals surface area contributed by atoms with Crippen LogP contribution in [0.5, 0.6) is 0 Å². The van der Waals surface area contributed by atoms with Crippen LogP contribution >= 0.6 is 0 Å². The predicted octanol–water partition coefficient (Wildman–Crippen LogP) is 4.04. The summed E-state index contributed by atoms with van der Waals surface area (Å²) in [5.74, 6) is -3.00. The number of nitrogens with one attached hydrogen (secondary N) is 8. The van der Waals surface area contributed by atoms with Crippen LogP contribution in [0.4, 0.5) is 0 Å². The first-order valence-electron chi connectivity index (χ1n) is 28.8. The third-order valence-electron chi connectivity index (χ3n) is 17.8. The third kappa shape index (κ3) is 12.8. The van der Waals surface area contributed by atoms with Crippen LogP contribution in [-0.4, -0.2) is 133 Å². The highest BCUT2D eigenvalue weighted by molar-refractivity contribution is 5.99. The Balaban J connectivity index is 0.888. The minimum atomic E-state index is -0.905. The van der Waals surface area contributed by atoms with E-state index in [1.54, 1.807) is 62.0 Å². The van der Waals surface area contributed by atoms with Crippen molar-refractivity contribution in [3.63, 3.8) is 0 Å². The first-order chi connectivity index (χ1) is 37.7. The van der Waals surface area contributed by atoms with E-state index in [-0.39, 0.29) is 96.4 Å². The lowest BCUT2D eigenvalue weighted by molar-refractivity contribution is -0.143. The number of hydrogen-bond donors (Lipinski definition) is 8. The van der Waals surface area contributed by atoms with Crippen molar-refractivity contribution in [3.8, 4) is 0 Å². The molecule has 18 nitrogen and oxygen atoms in total. The number of benzene rings is 3. The zero-order valence-electron chi connectivity index (χ0n) is 45.7. The zero-order valence-corrected chi connectivity index (χ0v) is 45.7. The number of carbonyl (C=O) groups is 8. The van der Waals surface area contributed by atoms with Crippen molar-refractivity contribution in [1.82, 2.24) is 52.3 Å². The molecule has 8 amide bonds. The highest BCUT2D eigenvalue weighted by atomic mass is 16.2. The number of aryl methyl sites for hydroxylation is 2. The summed E-state index contributed by atoms with van der Waals surface area (Å²) in [5, 5.41) is 24.6. The van der Waals surface area contributed by atoms with E-state index in [2.05, 4.69) is 54.7 Å². The van der Waals surface area contributed by atoms with Crippen LogP contribution in [0.25, 0.3) is 0 Å². The van der Waals surface area contributed by atoms with Gasteiger partial charge in [-0.3, -0.25) is 38.4 Å². The summed E-state index contributed by atoms with van der Waals surface area (Å²) in [6.45, 7) is 3.58. The maximum atomic E-state index is 14.9. The molecule has 78 heavy (non-hydrogen) atoms. The second kappa shape index (κ2) is 25.4. The summed E-state index contributed by atoms with van der Waals surface area (Å²) in [5.41, 5.74) is 4.98. The van der Waals surface area contributed by atoms with Crippen LogP contribution in [0.2, 0.25) is 0 Å². The molecule has 1 unspecified atom stereocenters. The number of likely N-dealkylation sites (tertiary alicyclic amines) is 2. The minimum Gasteiger partial charge on any atom is -0.347 e. The smallest absolute Gasteiger partial charge is 0.251 e. The SMILES string of the molecule is CN[C@@H](C)C(=O)N[C@H](C(=O)N1CC(NC(=O)c2ccc(C(=O)N[C@H]3C[C@@H](C(=O)N[C@@H]4CCc5ccccc54)N(C(=O)[C@@H](NC(=O)[C@H](C)NC)C4CCCCC4)C3)cc2)C[C@H]1C(=O)N[C@@H]1CCc2ccccc21)C1CCCCC1. The summed E-state index contributed by atoms with van der Waals surface area (Å²) in [7, 11) is 3.37. The first kappa shape index (κ1) is 56.1. The second-order valence-corrected chi connectivity index (χ2v) is 22.8. The Labute approximate surface area is 458 Å². The van der Waals surface area contributed by atoms with Gasteiger partial charge in [-0.1, -0.05) is 87.1 Å². The summed E-state index contributed by atoms with van der Waals surface area (Å²) in [4.78, 5) is 116. The third-order valence-corrected chi connectivity index (χ3v) is 17.8. The second-order valence-electron chi connectivity index (χ2n) is 22.8. The Morgan fingerprint density at radius 2 is 0.846 bits per heavy atom. The van der Waals surface area contributed by atoms with Gasteiger partial charge in [-0.2, -0.15) is 0 Å². The monoisotopic (exact) mass is 1070 g/mol. The number of nitrogens with zero attached hydrogens (tertiary/aromatic N) is 2. The van der Waals surface area contributed by atoms with Gasteiger partial charge in [-0.15, -0.1) is 0 Å². The predicted molar refractivity (Wildman–Crippen MR) is 295 cm³/mol. The number of hydrogen-bond acceptors (Lipinski definition) is 10. The molecule has 2 saturated heterocycles. The number of likely N-dealkylation sites (N-methyl/N-ethyl adjacent to an activating group) is 2.